The van der Waals surface area contributed by atoms with Crippen molar-refractivity contribution in [2.75, 3.05) is 22.4 Å². The number of nitrogens with zero attached hydrogens (tertiary/aromatic N) is 2. The average Bonchev–Trinajstić information content (AvgIpc) is 2.92. The second-order valence-electron chi connectivity index (χ2n) is 6.62. The van der Waals surface area contributed by atoms with Gasteiger partial charge in [0, 0.05) is 19.0 Å². The van der Waals surface area contributed by atoms with Gasteiger partial charge in [0.1, 0.15) is 5.76 Å². The van der Waals surface area contributed by atoms with Crippen LogP contribution in [0, 0.1) is 13.8 Å². The van der Waals surface area contributed by atoms with Gasteiger partial charge in [0.15, 0.2) is 5.82 Å². The molecule has 0 aliphatic rings. The summed E-state index contributed by atoms with van der Waals surface area (Å²) in [4.78, 5) is 12.2. The summed E-state index contributed by atoms with van der Waals surface area (Å²) in [5.74, 6) is 0.726. The van der Waals surface area contributed by atoms with Crippen LogP contribution in [0.1, 0.15) is 43.1 Å². The van der Waals surface area contributed by atoms with E-state index in [0.29, 0.717) is 17.3 Å². The lowest BCUT2D eigenvalue weighted by Crippen LogP contribution is -2.34. The van der Waals surface area contributed by atoms with E-state index in [4.69, 9.17) is 4.52 Å². The predicted molar refractivity (Wildman–Crippen MR) is 102 cm³/mol. The minimum atomic E-state index is -3.54. The monoisotopic (exact) mass is 379 g/mol. The summed E-state index contributed by atoms with van der Waals surface area (Å²) in [5.41, 5.74) is 2.44. The topological polar surface area (TPSA) is 92.5 Å². The fraction of sp³-hybridized carbons (Fsp3) is 0.444. The Hall–Kier alpha value is -2.35. The van der Waals surface area contributed by atoms with Crippen LogP contribution in [-0.2, 0) is 14.8 Å². The van der Waals surface area contributed by atoms with Crippen molar-refractivity contribution in [1.29, 1.82) is 0 Å². The Balaban J connectivity index is 2.23. The van der Waals surface area contributed by atoms with Crippen molar-refractivity contribution in [2.24, 2.45) is 0 Å². The van der Waals surface area contributed by atoms with Crippen LogP contribution < -0.4 is 9.62 Å². The van der Waals surface area contributed by atoms with Gasteiger partial charge in [-0.1, -0.05) is 37.2 Å². The molecule has 2 aromatic rings. The van der Waals surface area contributed by atoms with Crippen molar-refractivity contribution < 1.29 is 17.7 Å². The second-order valence-corrected chi connectivity index (χ2v) is 8.53. The number of hydrogen-bond donors (Lipinski definition) is 1. The first-order chi connectivity index (χ1) is 12.1. The zero-order chi connectivity index (χ0) is 19.5. The smallest absolute Gasteiger partial charge is 0.232 e. The third kappa shape index (κ3) is 4.85. The number of carbonyl (C=O) groups excluding carboxylic acids is 1. The largest absolute Gasteiger partial charge is 0.360 e. The molecule has 1 N–H and O–H groups in total. The van der Waals surface area contributed by atoms with Crippen LogP contribution in [0.25, 0.3) is 0 Å². The molecular formula is C18H25N3O4S. The summed E-state index contributed by atoms with van der Waals surface area (Å²) in [6.45, 7) is 7.67. The van der Waals surface area contributed by atoms with E-state index in [1.807, 2.05) is 39.0 Å². The summed E-state index contributed by atoms with van der Waals surface area (Å²) in [6.07, 6.45) is 1.16. The molecule has 1 aromatic heterocycles. The van der Waals surface area contributed by atoms with Gasteiger partial charge in [0.2, 0.25) is 15.9 Å². The first-order valence-electron chi connectivity index (χ1n) is 8.40. The molecule has 0 aliphatic carbocycles. The Kier molecular flexibility index (Phi) is 6.07. The minimum absolute atomic E-state index is 0.00481. The highest BCUT2D eigenvalue weighted by molar-refractivity contribution is 7.92. The molecule has 142 valence electrons. The van der Waals surface area contributed by atoms with Crippen molar-refractivity contribution >= 4 is 27.4 Å². The highest BCUT2D eigenvalue weighted by atomic mass is 32.2. The third-order valence-electron chi connectivity index (χ3n) is 3.98. The molecule has 26 heavy (non-hydrogen) atoms. The van der Waals surface area contributed by atoms with Gasteiger partial charge in [-0.25, -0.2) is 8.42 Å². The normalized spacial score (nSPS) is 11.6. The predicted octanol–water partition coefficient (Wildman–Crippen LogP) is 3.21. The number of aryl methyl sites for hydroxylation is 2. The van der Waals surface area contributed by atoms with E-state index in [9.17, 15) is 13.2 Å². The number of carbonyl (C=O) groups is 1. The van der Waals surface area contributed by atoms with E-state index >= 15 is 0 Å². The molecule has 0 atom stereocenters. The van der Waals surface area contributed by atoms with Crippen LogP contribution in [-0.4, -0.2) is 32.3 Å². The highest BCUT2D eigenvalue weighted by Crippen LogP contribution is 2.32. The van der Waals surface area contributed by atoms with Crippen molar-refractivity contribution in [3.8, 4) is 0 Å². The number of sulfonamides is 1. The van der Waals surface area contributed by atoms with Crippen molar-refractivity contribution in [3.63, 3.8) is 0 Å². The molecule has 0 spiro atoms. The van der Waals surface area contributed by atoms with Gasteiger partial charge in [-0.2, -0.15) is 0 Å². The van der Waals surface area contributed by atoms with E-state index in [1.54, 1.807) is 13.0 Å². The number of aromatic nitrogens is 1. The quantitative estimate of drug-likeness (QED) is 0.797. The summed E-state index contributed by atoms with van der Waals surface area (Å²) < 4.78 is 31.0. The van der Waals surface area contributed by atoms with E-state index < -0.39 is 10.0 Å². The number of rotatable bonds is 7. The highest BCUT2D eigenvalue weighted by Gasteiger charge is 2.24. The molecule has 0 saturated carbocycles. The van der Waals surface area contributed by atoms with E-state index in [-0.39, 0.29) is 24.8 Å². The Bertz CT molecular complexity index is 888. The van der Waals surface area contributed by atoms with E-state index in [2.05, 4.69) is 10.5 Å². The Labute approximate surface area is 154 Å². The lowest BCUT2D eigenvalue weighted by molar-refractivity contribution is -0.116. The number of hydrogen-bond acceptors (Lipinski definition) is 5. The van der Waals surface area contributed by atoms with Crippen LogP contribution >= 0.6 is 0 Å². The van der Waals surface area contributed by atoms with Crippen LogP contribution in [0.15, 0.2) is 28.8 Å². The van der Waals surface area contributed by atoms with Crippen LogP contribution in [0.2, 0.25) is 0 Å². The Morgan fingerprint density at radius 1 is 1.31 bits per heavy atom. The fourth-order valence-electron chi connectivity index (χ4n) is 2.77. The summed E-state index contributed by atoms with van der Waals surface area (Å²) in [6, 6.07) is 7.31. The van der Waals surface area contributed by atoms with Gasteiger partial charge in [-0.3, -0.25) is 9.10 Å². The van der Waals surface area contributed by atoms with Gasteiger partial charge >= 0.3 is 0 Å². The van der Waals surface area contributed by atoms with Gasteiger partial charge in [0.05, 0.1) is 11.9 Å². The molecule has 2 rings (SSSR count). The maximum Gasteiger partial charge on any atom is 0.232 e. The molecule has 1 heterocycles. The molecule has 0 unspecified atom stereocenters. The van der Waals surface area contributed by atoms with Gasteiger partial charge < -0.3 is 9.84 Å². The SMILES string of the molecule is Cc1cc(NC(=O)CCN(c2c(C)cccc2C(C)C)S(C)(=O)=O)no1. The molecule has 7 nitrogen and oxygen atoms in total. The fourth-order valence-corrected chi connectivity index (χ4v) is 3.77. The van der Waals surface area contributed by atoms with Gasteiger partial charge in [-0.05, 0) is 30.9 Å². The molecule has 0 bridgehead atoms. The van der Waals surface area contributed by atoms with Crippen LogP contribution in [0.3, 0.4) is 0 Å². The van der Waals surface area contributed by atoms with Crippen LogP contribution in [0.4, 0.5) is 11.5 Å². The molecular weight excluding hydrogens is 354 g/mol. The van der Waals surface area contributed by atoms with Gasteiger partial charge in [0.25, 0.3) is 0 Å². The third-order valence-corrected chi connectivity index (χ3v) is 5.14. The van der Waals surface area contributed by atoms with Crippen molar-refractivity contribution in [2.45, 2.75) is 40.0 Å². The Morgan fingerprint density at radius 3 is 2.54 bits per heavy atom. The number of para-hydroxylation sites is 1. The Morgan fingerprint density at radius 2 is 2.00 bits per heavy atom. The van der Waals surface area contributed by atoms with E-state index in [1.165, 1.54) is 4.31 Å². The molecule has 1 aromatic carbocycles. The number of amides is 1. The zero-order valence-electron chi connectivity index (χ0n) is 15.7. The maximum absolute atomic E-state index is 12.4. The average molecular weight is 379 g/mol. The van der Waals surface area contributed by atoms with E-state index in [0.717, 1.165) is 17.4 Å². The molecule has 0 fully saturated rings. The lowest BCUT2D eigenvalue weighted by Gasteiger charge is -2.27. The second kappa shape index (κ2) is 7.90. The minimum Gasteiger partial charge on any atom is -0.360 e. The van der Waals surface area contributed by atoms with Crippen LogP contribution in [0.5, 0.6) is 0 Å². The molecule has 8 heteroatoms. The summed E-state index contributed by atoms with van der Waals surface area (Å²) in [7, 11) is -3.54. The van der Waals surface area contributed by atoms with Gasteiger partial charge in [-0.15, -0.1) is 0 Å². The van der Waals surface area contributed by atoms with Crippen molar-refractivity contribution in [3.05, 3.63) is 41.2 Å². The van der Waals surface area contributed by atoms with Crippen molar-refractivity contribution in [1.82, 2.24) is 5.16 Å². The summed E-state index contributed by atoms with van der Waals surface area (Å²) >= 11 is 0. The molecule has 0 saturated heterocycles. The first-order valence-corrected chi connectivity index (χ1v) is 10.2. The maximum atomic E-state index is 12.4. The molecule has 1 amide bonds. The number of anilines is 2. The summed E-state index contributed by atoms with van der Waals surface area (Å²) in [5, 5.41) is 6.31. The molecule has 0 radical (unpaired) electrons. The zero-order valence-corrected chi connectivity index (χ0v) is 16.6. The standard InChI is InChI=1S/C18H25N3O4S/c1-12(2)15-8-6-7-13(3)18(15)21(26(5,23)24)10-9-17(22)19-16-11-14(4)25-20-16/h6-8,11-12H,9-10H2,1-5H3,(H,19,20,22). The number of nitrogens with one attached hydrogen (secondary N) is 1. The molecule has 0 aliphatic heterocycles. The number of benzene rings is 1. The lowest BCUT2D eigenvalue weighted by atomic mass is 9.98. The first kappa shape index (κ1) is 20.0.